The second kappa shape index (κ2) is 3.51. The van der Waals surface area contributed by atoms with Crippen molar-refractivity contribution in [2.24, 2.45) is 0 Å². The second-order valence-electron chi connectivity index (χ2n) is 2.34. The van der Waals surface area contributed by atoms with Crippen LogP contribution >= 0.6 is 11.6 Å². The van der Waals surface area contributed by atoms with E-state index < -0.39 is 18.5 Å². The first-order valence-electron chi connectivity index (χ1n) is 3.28. The zero-order valence-electron chi connectivity index (χ0n) is 6.27. The van der Waals surface area contributed by atoms with E-state index in [4.69, 9.17) is 16.7 Å². The third-order valence-electron chi connectivity index (χ3n) is 1.33. The van der Waals surface area contributed by atoms with Crippen molar-refractivity contribution in [3.63, 3.8) is 0 Å². The van der Waals surface area contributed by atoms with E-state index in [1.54, 1.807) is 0 Å². The lowest BCUT2D eigenvalue weighted by Crippen LogP contribution is -2.08. The first-order chi connectivity index (χ1) is 5.93. The summed E-state index contributed by atoms with van der Waals surface area (Å²) in [7, 11) is 0. The summed E-state index contributed by atoms with van der Waals surface area (Å²) in [6, 6.07) is 1.93. The van der Waals surface area contributed by atoms with Gasteiger partial charge in [0.2, 0.25) is 0 Å². The highest BCUT2D eigenvalue weighted by molar-refractivity contribution is 6.29. The highest BCUT2D eigenvalue weighted by atomic mass is 35.5. The summed E-state index contributed by atoms with van der Waals surface area (Å²) in [5.74, 6) is 0. The molecule has 1 N–H and O–H groups in total. The minimum absolute atomic E-state index is 0.0901. The van der Waals surface area contributed by atoms with Crippen LogP contribution in [0.4, 0.5) is 13.2 Å². The predicted octanol–water partition coefficient (Wildman–Crippen LogP) is 2.25. The minimum Gasteiger partial charge on any atom is -0.392 e. The molecule has 0 saturated heterocycles. The van der Waals surface area contributed by atoms with E-state index in [-0.39, 0.29) is 10.7 Å². The summed E-state index contributed by atoms with van der Waals surface area (Å²) in [5, 5.41) is 8.32. The second-order valence-corrected chi connectivity index (χ2v) is 2.73. The average molecular weight is 212 g/mol. The molecule has 1 aromatic heterocycles. The summed E-state index contributed by atoms with van der Waals surface area (Å²) >= 11 is 5.31. The molecule has 0 aromatic carbocycles. The monoisotopic (exact) mass is 211 g/mol. The molecular formula is C7H5ClF3NO. The first-order valence-corrected chi connectivity index (χ1v) is 3.66. The molecule has 72 valence electrons. The molecule has 0 fully saturated rings. The van der Waals surface area contributed by atoms with Crippen LogP contribution in [0.3, 0.4) is 0 Å². The van der Waals surface area contributed by atoms with Gasteiger partial charge in [-0.1, -0.05) is 11.6 Å². The number of rotatable bonds is 1. The molecule has 0 amide bonds. The van der Waals surface area contributed by atoms with E-state index in [2.05, 4.69) is 4.98 Å². The van der Waals surface area contributed by atoms with Gasteiger partial charge in [0.15, 0.2) is 0 Å². The zero-order chi connectivity index (χ0) is 10.1. The molecule has 0 aliphatic carbocycles. The summed E-state index contributed by atoms with van der Waals surface area (Å²) in [4.78, 5) is 3.08. The van der Waals surface area contributed by atoms with Crippen molar-refractivity contribution < 1.29 is 18.3 Å². The number of pyridine rings is 1. The van der Waals surface area contributed by atoms with Crippen molar-refractivity contribution in [1.82, 2.24) is 4.98 Å². The molecular weight excluding hydrogens is 207 g/mol. The number of halogens is 4. The van der Waals surface area contributed by atoms with Crippen LogP contribution in [0.1, 0.15) is 11.3 Å². The predicted molar refractivity (Wildman–Crippen MR) is 40.2 cm³/mol. The number of alkyl halides is 3. The van der Waals surface area contributed by atoms with Gasteiger partial charge < -0.3 is 5.11 Å². The largest absolute Gasteiger partial charge is 0.433 e. The Balaban J connectivity index is 3.16. The Labute approximate surface area is 77.0 Å². The molecule has 0 aliphatic heterocycles. The fraction of sp³-hybridized carbons (Fsp3) is 0.286. The van der Waals surface area contributed by atoms with Gasteiger partial charge in [-0.3, -0.25) is 0 Å². The molecule has 2 nitrogen and oxygen atoms in total. The van der Waals surface area contributed by atoms with Crippen LogP contribution in [-0.4, -0.2) is 10.1 Å². The van der Waals surface area contributed by atoms with E-state index in [9.17, 15) is 13.2 Å². The van der Waals surface area contributed by atoms with Gasteiger partial charge in [0.05, 0.1) is 6.61 Å². The first kappa shape index (κ1) is 10.3. The third-order valence-corrected chi connectivity index (χ3v) is 1.52. The molecule has 0 bridgehead atoms. The van der Waals surface area contributed by atoms with Crippen LogP contribution < -0.4 is 0 Å². The van der Waals surface area contributed by atoms with Crippen molar-refractivity contribution in [2.75, 3.05) is 0 Å². The molecule has 0 spiro atoms. The van der Waals surface area contributed by atoms with Gasteiger partial charge >= 0.3 is 6.18 Å². The Morgan fingerprint density at radius 1 is 1.38 bits per heavy atom. The van der Waals surface area contributed by atoms with Gasteiger partial charge in [0, 0.05) is 0 Å². The molecule has 0 unspecified atom stereocenters. The van der Waals surface area contributed by atoms with E-state index in [1.807, 2.05) is 0 Å². The molecule has 1 rings (SSSR count). The Morgan fingerprint density at radius 2 is 2.00 bits per heavy atom. The van der Waals surface area contributed by atoms with Crippen LogP contribution in [0.5, 0.6) is 0 Å². The Bertz CT molecular complexity index is 313. The minimum atomic E-state index is -4.53. The van der Waals surface area contributed by atoms with E-state index >= 15 is 0 Å². The molecule has 13 heavy (non-hydrogen) atoms. The van der Waals surface area contributed by atoms with Gasteiger partial charge in [-0.2, -0.15) is 13.2 Å². The molecule has 0 radical (unpaired) electrons. The standard InChI is InChI=1S/C7H5ClF3NO/c8-6-2-4(3-13)1-5(12-6)7(9,10)11/h1-2,13H,3H2. The number of hydrogen-bond donors (Lipinski definition) is 1. The Kier molecular flexibility index (Phi) is 2.77. The fourth-order valence-corrected chi connectivity index (χ4v) is 1.02. The summed E-state index contributed by atoms with van der Waals surface area (Å²) in [6.07, 6.45) is -4.53. The van der Waals surface area contributed by atoms with E-state index in [1.165, 1.54) is 6.07 Å². The highest BCUT2D eigenvalue weighted by Gasteiger charge is 2.32. The van der Waals surface area contributed by atoms with Crippen molar-refractivity contribution >= 4 is 11.6 Å². The van der Waals surface area contributed by atoms with Crippen LogP contribution in [0.2, 0.25) is 5.15 Å². The number of aliphatic hydroxyl groups excluding tert-OH is 1. The van der Waals surface area contributed by atoms with Gasteiger partial charge in [0.25, 0.3) is 0 Å². The van der Waals surface area contributed by atoms with Crippen molar-refractivity contribution in [1.29, 1.82) is 0 Å². The maximum atomic E-state index is 12.1. The Hall–Kier alpha value is -0.810. The number of aliphatic hydroxyl groups is 1. The molecule has 0 aliphatic rings. The molecule has 6 heteroatoms. The van der Waals surface area contributed by atoms with Crippen molar-refractivity contribution in [2.45, 2.75) is 12.8 Å². The summed E-state index contributed by atoms with van der Waals surface area (Å²) < 4.78 is 36.2. The van der Waals surface area contributed by atoms with Gasteiger partial charge in [0.1, 0.15) is 10.8 Å². The lowest BCUT2D eigenvalue weighted by atomic mass is 10.2. The number of aromatic nitrogens is 1. The van der Waals surface area contributed by atoms with Gasteiger partial charge in [-0.25, -0.2) is 4.98 Å². The lowest BCUT2D eigenvalue weighted by molar-refractivity contribution is -0.141. The maximum absolute atomic E-state index is 12.1. The smallest absolute Gasteiger partial charge is 0.392 e. The fourth-order valence-electron chi connectivity index (χ4n) is 0.786. The molecule has 0 atom stereocenters. The average Bonchev–Trinajstić information content (AvgIpc) is 2.01. The van der Waals surface area contributed by atoms with Crippen LogP contribution in [0.15, 0.2) is 12.1 Å². The number of nitrogens with zero attached hydrogens (tertiary/aromatic N) is 1. The van der Waals surface area contributed by atoms with Crippen LogP contribution in [-0.2, 0) is 12.8 Å². The molecule has 1 heterocycles. The summed E-state index contributed by atoms with van der Waals surface area (Å²) in [5.41, 5.74) is -1.00. The van der Waals surface area contributed by atoms with Crippen molar-refractivity contribution in [3.05, 3.63) is 28.5 Å². The van der Waals surface area contributed by atoms with Gasteiger partial charge in [-0.15, -0.1) is 0 Å². The van der Waals surface area contributed by atoms with Crippen LogP contribution in [0, 0.1) is 0 Å². The zero-order valence-corrected chi connectivity index (χ0v) is 7.02. The summed E-state index contributed by atoms with van der Waals surface area (Å²) in [6.45, 7) is -0.495. The Morgan fingerprint density at radius 3 is 2.46 bits per heavy atom. The van der Waals surface area contributed by atoms with Crippen molar-refractivity contribution in [3.8, 4) is 0 Å². The quantitative estimate of drug-likeness (QED) is 0.723. The van der Waals surface area contributed by atoms with E-state index in [0.29, 0.717) is 0 Å². The number of hydrogen-bond acceptors (Lipinski definition) is 2. The molecule has 0 saturated carbocycles. The topological polar surface area (TPSA) is 33.1 Å². The lowest BCUT2D eigenvalue weighted by Gasteiger charge is -2.07. The van der Waals surface area contributed by atoms with Gasteiger partial charge in [-0.05, 0) is 17.7 Å². The third kappa shape index (κ3) is 2.57. The van der Waals surface area contributed by atoms with E-state index in [0.717, 1.165) is 6.07 Å². The SMILES string of the molecule is OCc1cc(Cl)nc(C(F)(F)F)c1. The maximum Gasteiger partial charge on any atom is 0.433 e. The normalized spacial score (nSPS) is 11.8. The molecule has 1 aromatic rings. The van der Waals surface area contributed by atoms with Crippen LogP contribution in [0.25, 0.3) is 0 Å². The highest BCUT2D eigenvalue weighted by Crippen LogP contribution is 2.29.